The molecule has 1 aliphatic heterocycles. The number of rotatable bonds is 8. The summed E-state index contributed by atoms with van der Waals surface area (Å²) in [4.78, 5) is 25.9. The van der Waals surface area contributed by atoms with Gasteiger partial charge in [0.2, 0.25) is 12.7 Å². The van der Waals surface area contributed by atoms with Crippen molar-refractivity contribution in [3.63, 3.8) is 0 Å². The molecule has 2 amide bonds. The Balaban J connectivity index is 1.26. The van der Waals surface area contributed by atoms with E-state index in [0.717, 1.165) is 11.1 Å². The molecule has 0 fully saturated rings. The fraction of sp³-hybridized carbons (Fsp3) is 0.103. The summed E-state index contributed by atoms with van der Waals surface area (Å²) in [7, 11) is 0. The van der Waals surface area contributed by atoms with E-state index in [2.05, 4.69) is 16.0 Å². The van der Waals surface area contributed by atoms with E-state index in [1.807, 2.05) is 60.7 Å². The monoisotopic (exact) mass is 479 g/mol. The molecule has 36 heavy (non-hydrogen) atoms. The summed E-state index contributed by atoms with van der Waals surface area (Å²) in [6.45, 7) is 0.220. The standard InChI is InChI=1S/C29H25N3O4/c33-27(18-30-28(20-9-3-1-4-10-20)21-11-5-2-6-12-21)32-24-14-8-7-13-23(24)29(34)31-22-15-16-25-26(17-22)36-19-35-25/h1-17,28,30H,18-19H2,(H,31,34)(H,32,33). The fourth-order valence-corrected chi connectivity index (χ4v) is 4.07. The van der Waals surface area contributed by atoms with Gasteiger partial charge in [0.05, 0.1) is 23.8 Å². The average molecular weight is 480 g/mol. The van der Waals surface area contributed by atoms with E-state index in [-0.39, 0.29) is 31.2 Å². The Kier molecular flexibility index (Phi) is 6.91. The van der Waals surface area contributed by atoms with Crippen LogP contribution >= 0.6 is 0 Å². The van der Waals surface area contributed by atoms with Crippen LogP contribution in [0.1, 0.15) is 27.5 Å². The SMILES string of the molecule is O=C(CNC(c1ccccc1)c1ccccc1)Nc1ccccc1C(=O)Nc1ccc2c(c1)OCO2. The molecule has 3 N–H and O–H groups in total. The Labute approximate surface area is 209 Å². The van der Waals surface area contributed by atoms with Gasteiger partial charge in [-0.25, -0.2) is 0 Å². The summed E-state index contributed by atoms with van der Waals surface area (Å²) < 4.78 is 10.7. The molecule has 1 heterocycles. The van der Waals surface area contributed by atoms with Crippen molar-refractivity contribution in [2.45, 2.75) is 6.04 Å². The van der Waals surface area contributed by atoms with Crippen LogP contribution < -0.4 is 25.4 Å². The minimum atomic E-state index is -0.343. The summed E-state index contributed by atoms with van der Waals surface area (Å²) >= 11 is 0. The van der Waals surface area contributed by atoms with E-state index in [4.69, 9.17) is 9.47 Å². The third kappa shape index (κ3) is 5.37. The number of fused-ring (bicyclic) bond motifs is 1. The van der Waals surface area contributed by atoms with Gasteiger partial charge in [-0.05, 0) is 35.4 Å². The van der Waals surface area contributed by atoms with E-state index in [0.29, 0.717) is 28.4 Å². The van der Waals surface area contributed by atoms with Crippen LogP contribution in [0.25, 0.3) is 0 Å². The smallest absolute Gasteiger partial charge is 0.257 e. The van der Waals surface area contributed by atoms with E-state index in [1.54, 1.807) is 42.5 Å². The fourth-order valence-electron chi connectivity index (χ4n) is 4.07. The van der Waals surface area contributed by atoms with Gasteiger partial charge in [-0.2, -0.15) is 0 Å². The van der Waals surface area contributed by atoms with Crippen LogP contribution in [-0.2, 0) is 4.79 Å². The van der Waals surface area contributed by atoms with Crippen LogP contribution in [0.15, 0.2) is 103 Å². The number of para-hydroxylation sites is 1. The highest BCUT2D eigenvalue weighted by atomic mass is 16.7. The Morgan fingerprint density at radius 2 is 1.36 bits per heavy atom. The first-order chi connectivity index (χ1) is 17.7. The predicted molar refractivity (Wildman–Crippen MR) is 138 cm³/mol. The van der Waals surface area contributed by atoms with E-state index in [1.165, 1.54) is 0 Å². The number of hydrogen-bond donors (Lipinski definition) is 3. The van der Waals surface area contributed by atoms with Crippen LogP contribution in [0.5, 0.6) is 11.5 Å². The van der Waals surface area contributed by atoms with Crippen molar-refractivity contribution in [1.29, 1.82) is 0 Å². The molecule has 0 radical (unpaired) electrons. The Morgan fingerprint density at radius 3 is 2.08 bits per heavy atom. The lowest BCUT2D eigenvalue weighted by Gasteiger charge is -2.20. The first-order valence-corrected chi connectivity index (χ1v) is 11.6. The van der Waals surface area contributed by atoms with Crippen LogP contribution in [0.2, 0.25) is 0 Å². The molecule has 7 heteroatoms. The van der Waals surface area contributed by atoms with E-state index >= 15 is 0 Å². The third-order valence-electron chi connectivity index (χ3n) is 5.81. The molecule has 0 spiro atoms. The second kappa shape index (κ2) is 10.8. The normalized spacial score (nSPS) is 11.8. The second-order valence-corrected chi connectivity index (χ2v) is 8.25. The van der Waals surface area contributed by atoms with Gasteiger partial charge >= 0.3 is 0 Å². The molecule has 180 valence electrons. The lowest BCUT2D eigenvalue weighted by atomic mass is 9.99. The zero-order valence-corrected chi connectivity index (χ0v) is 19.4. The predicted octanol–water partition coefficient (Wildman–Crippen LogP) is 4.99. The minimum absolute atomic E-state index is 0.0621. The first-order valence-electron chi connectivity index (χ1n) is 11.6. The molecule has 4 aromatic carbocycles. The van der Waals surface area contributed by atoms with Crippen molar-refractivity contribution in [1.82, 2.24) is 5.32 Å². The molecule has 0 bridgehead atoms. The molecule has 5 rings (SSSR count). The molecule has 0 aromatic heterocycles. The van der Waals surface area contributed by atoms with Gasteiger partial charge in [0.15, 0.2) is 11.5 Å². The molecular formula is C29H25N3O4. The van der Waals surface area contributed by atoms with Gasteiger partial charge in [-0.3, -0.25) is 14.9 Å². The number of carbonyl (C=O) groups excluding carboxylic acids is 2. The Bertz CT molecular complexity index is 1320. The number of hydrogen-bond acceptors (Lipinski definition) is 5. The van der Waals surface area contributed by atoms with Crippen molar-refractivity contribution < 1.29 is 19.1 Å². The number of nitrogens with one attached hydrogen (secondary N) is 3. The second-order valence-electron chi connectivity index (χ2n) is 8.25. The van der Waals surface area contributed by atoms with Crippen molar-refractivity contribution in [3.05, 3.63) is 120 Å². The summed E-state index contributed by atoms with van der Waals surface area (Å²) in [5.74, 6) is 0.615. The maximum Gasteiger partial charge on any atom is 0.257 e. The van der Waals surface area contributed by atoms with Gasteiger partial charge in [-0.1, -0.05) is 72.8 Å². The largest absolute Gasteiger partial charge is 0.454 e. The van der Waals surface area contributed by atoms with Gasteiger partial charge in [-0.15, -0.1) is 0 Å². The molecule has 0 unspecified atom stereocenters. The summed E-state index contributed by atoms with van der Waals surface area (Å²) in [6, 6.07) is 31.9. The molecule has 0 saturated carbocycles. The molecule has 0 atom stereocenters. The van der Waals surface area contributed by atoms with Crippen molar-refractivity contribution in [3.8, 4) is 11.5 Å². The molecular weight excluding hydrogens is 454 g/mol. The molecule has 0 aliphatic carbocycles. The molecule has 4 aromatic rings. The number of anilines is 2. The third-order valence-corrected chi connectivity index (χ3v) is 5.81. The van der Waals surface area contributed by atoms with E-state index < -0.39 is 0 Å². The zero-order chi connectivity index (χ0) is 24.7. The minimum Gasteiger partial charge on any atom is -0.454 e. The van der Waals surface area contributed by atoms with Gasteiger partial charge < -0.3 is 20.1 Å². The zero-order valence-electron chi connectivity index (χ0n) is 19.4. The van der Waals surface area contributed by atoms with Crippen LogP contribution in [0.4, 0.5) is 11.4 Å². The van der Waals surface area contributed by atoms with Gasteiger partial charge in [0.1, 0.15) is 0 Å². The molecule has 7 nitrogen and oxygen atoms in total. The number of amides is 2. The highest BCUT2D eigenvalue weighted by Crippen LogP contribution is 2.34. The van der Waals surface area contributed by atoms with Gasteiger partial charge in [0, 0.05) is 11.8 Å². The number of ether oxygens (including phenoxy) is 2. The lowest BCUT2D eigenvalue weighted by molar-refractivity contribution is -0.115. The average Bonchev–Trinajstić information content (AvgIpc) is 3.38. The van der Waals surface area contributed by atoms with Crippen molar-refractivity contribution in [2.24, 2.45) is 0 Å². The summed E-state index contributed by atoms with van der Waals surface area (Å²) in [5, 5.41) is 9.07. The van der Waals surface area contributed by atoms with Gasteiger partial charge in [0.25, 0.3) is 5.91 Å². The molecule has 0 saturated heterocycles. The van der Waals surface area contributed by atoms with Crippen LogP contribution in [-0.4, -0.2) is 25.2 Å². The summed E-state index contributed by atoms with van der Waals surface area (Å²) in [6.07, 6.45) is 0. The highest BCUT2D eigenvalue weighted by molar-refractivity contribution is 6.10. The quantitative estimate of drug-likeness (QED) is 0.332. The Morgan fingerprint density at radius 1 is 0.722 bits per heavy atom. The number of carbonyl (C=O) groups is 2. The van der Waals surface area contributed by atoms with Crippen LogP contribution in [0, 0.1) is 0 Å². The molecule has 1 aliphatic rings. The highest BCUT2D eigenvalue weighted by Gasteiger charge is 2.18. The number of benzene rings is 4. The topological polar surface area (TPSA) is 88.7 Å². The van der Waals surface area contributed by atoms with Crippen molar-refractivity contribution in [2.75, 3.05) is 24.0 Å². The summed E-state index contributed by atoms with van der Waals surface area (Å²) in [5.41, 5.74) is 3.46. The van der Waals surface area contributed by atoms with Crippen molar-refractivity contribution >= 4 is 23.2 Å². The van der Waals surface area contributed by atoms with E-state index in [9.17, 15) is 9.59 Å². The first kappa shape index (κ1) is 23.1. The lowest BCUT2D eigenvalue weighted by Crippen LogP contribution is -2.32. The maximum atomic E-state index is 13.0. The maximum absolute atomic E-state index is 13.0. The Hall–Kier alpha value is -4.62. The van der Waals surface area contributed by atoms with Crippen LogP contribution in [0.3, 0.4) is 0 Å².